The monoisotopic (exact) mass is 273 g/mol. The number of hydrogen-bond acceptors (Lipinski definition) is 4. The van der Waals surface area contributed by atoms with Gasteiger partial charge in [-0.15, -0.1) is 23.5 Å². The van der Waals surface area contributed by atoms with Crippen molar-refractivity contribution in [3.05, 3.63) is 9.81 Å². The van der Waals surface area contributed by atoms with Crippen LogP contribution in [0, 0.1) is 0 Å². The zero-order valence-electron chi connectivity index (χ0n) is 10.9. The van der Waals surface area contributed by atoms with E-state index in [0.717, 1.165) is 6.42 Å². The fourth-order valence-electron chi connectivity index (χ4n) is 1.32. The SMILES string of the molecule is CCC(C)SC1=C(SC(C)C)C(=O)N(C)C1=O. The van der Waals surface area contributed by atoms with Crippen LogP contribution in [0.25, 0.3) is 0 Å². The molecule has 0 aromatic rings. The van der Waals surface area contributed by atoms with E-state index in [1.807, 2.05) is 13.8 Å². The van der Waals surface area contributed by atoms with Gasteiger partial charge in [-0.25, -0.2) is 0 Å². The van der Waals surface area contributed by atoms with E-state index in [-0.39, 0.29) is 11.8 Å². The van der Waals surface area contributed by atoms with E-state index < -0.39 is 0 Å². The van der Waals surface area contributed by atoms with Gasteiger partial charge in [-0.1, -0.05) is 27.7 Å². The van der Waals surface area contributed by atoms with Crippen molar-refractivity contribution >= 4 is 35.3 Å². The van der Waals surface area contributed by atoms with E-state index >= 15 is 0 Å². The number of carbonyl (C=O) groups excluding carboxylic acids is 2. The highest BCUT2D eigenvalue weighted by molar-refractivity contribution is 8.08. The Balaban J connectivity index is 3.00. The van der Waals surface area contributed by atoms with Crippen LogP contribution in [0.4, 0.5) is 0 Å². The largest absolute Gasteiger partial charge is 0.277 e. The van der Waals surface area contributed by atoms with Crippen molar-refractivity contribution in [2.24, 2.45) is 0 Å². The van der Waals surface area contributed by atoms with Crippen LogP contribution in [0.5, 0.6) is 0 Å². The maximum Gasteiger partial charge on any atom is 0.268 e. The molecule has 0 spiro atoms. The number of carbonyl (C=O) groups is 2. The first-order valence-electron chi connectivity index (χ1n) is 5.78. The number of hydrogen-bond donors (Lipinski definition) is 0. The molecule has 0 N–H and O–H groups in total. The first-order chi connectivity index (χ1) is 7.88. The average Bonchev–Trinajstić information content (AvgIpc) is 2.46. The lowest BCUT2D eigenvalue weighted by Crippen LogP contribution is -2.26. The molecule has 0 saturated heterocycles. The van der Waals surface area contributed by atoms with E-state index in [4.69, 9.17) is 0 Å². The number of nitrogens with zero attached hydrogens (tertiary/aromatic N) is 1. The summed E-state index contributed by atoms with van der Waals surface area (Å²) in [6.07, 6.45) is 0.985. The molecule has 1 aliphatic rings. The molecule has 1 atom stereocenters. The number of thioether (sulfide) groups is 2. The summed E-state index contributed by atoms with van der Waals surface area (Å²) in [4.78, 5) is 26.4. The molecule has 96 valence electrons. The molecule has 1 heterocycles. The number of likely N-dealkylation sites (N-methyl/N-ethyl adjacent to an activating group) is 1. The normalized spacial score (nSPS) is 18.6. The van der Waals surface area contributed by atoms with Gasteiger partial charge >= 0.3 is 0 Å². The number of rotatable bonds is 5. The fourth-order valence-corrected chi connectivity index (χ4v) is 3.51. The van der Waals surface area contributed by atoms with Crippen LogP contribution in [0.1, 0.15) is 34.1 Å². The Labute approximate surface area is 111 Å². The molecular formula is C12H19NO2S2. The number of amides is 2. The third-order valence-electron chi connectivity index (χ3n) is 2.45. The molecule has 5 heteroatoms. The molecule has 1 unspecified atom stereocenters. The van der Waals surface area contributed by atoms with Gasteiger partial charge < -0.3 is 0 Å². The summed E-state index contributed by atoms with van der Waals surface area (Å²) in [5, 5.41) is 0.664. The molecule has 0 bridgehead atoms. The van der Waals surface area contributed by atoms with Gasteiger partial charge in [0.2, 0.25) is 0 Å². The third kappa shape index (κ3) is 3.28. The predicted octanol–water partition coefficient (Wildman–Crippen LogP) is 2.87. The summed E-state index contributed by atoms with van der Waals surface area (Å²) < 4.78 is 0. The van der Waals surface area contributed by atoms with Gasteiger partial charge in [0.15, 0.2) is 0 Å². The van der Waals surface area contributed by atoms with Crippen molar-refractivity contribution in [3.63, 3.8) is 0 Å². The van der Waals surface area contributed by atoms with Gasteiger partial charge in [-0.2, -0.15) is 0 Å². The zero-order chi connectivity index (χ0) is 13.2. The first kappa shape index (κ1) is 14.6. The van der Waals surface area contributed by atoms with Crippen molar-refractivity contribution in [3.8, 4) is 0 Å². The summed E-state index contributed by atoms with van der Waals surface area (Å²) in [5.74, 6) is -0.303. The van der Waals surface area contributed by atoms with Gasteiger partial charge in [0.05, 0.1) is 9.81 Å². The minimum Gasteiger partial charge on any atom is -0.277 e. The van der Waals surface area contributed by atoms with Gasteiger partial charge in [0.1, 0.15) is 0 Å². The minimum absolute atomic E-state index is 0.150. The molecule has 0 radical (unpaired) electrons. The second-order valence-corrected chi connectivity index (χ2v) is 7.37. The topological polar surface area (TPSA) is 37.4 Å². The highest BCUT2D eigenvalue weighted by atomic mass is 32.2. The third-order valence-corrected chi connectivity index (χ3v) is 5.02. The molecule has 3 nitrogen and oxygen atoms in total. The fraction of sp³-hybridized carbons (Fsp3) is 0.667. The Morgan fingerprint density at radius 3 is 1.94 bits per heavy atom. The van der Waals surface area contributed by atoms with Crippen LogP contribution in [0.3, 0.4) is 0 Å². The minimum atomic E-state index is -0.153. The standard InChI is InChI=1S/C12H19NO2S2/c1-6-8(4)17-10-9(16-7(2)3)11(14)13(5)12(10)15/h7-8H,6H2,1-5H3. The van der Waals surface area contributed by atoms with E-state index in [1.54, 1.807) is 7.05 Å². The molecule has 1 aliphatic heterocycles. The average molecular weight is 273 g/mol. The molecule has 0 aromatic heterocycles. The first-order valence-corrected chi connectivity index (χ1v) is 7.54. The molecule has 2 amide bonds. The van der Waals surface area contributed by atoms with Crippen molar-refractivity contribution in [2.45, 2.75) is 44.6 Å². The second-order valence-electron chi connectivity index (χ2n) is 4.33. The van der Waals surface area contributed by atoms with Crippen LogP contribution in [-0.2, 0) is 9.59 Å². The van der Waals surface area contributed by atoms with Crippen molar-refractivity contribution in [1.29, 1.82) is 0 Å². The molecule has 0 saturated carbocycles. The molecule has 0 fully saturated rings. The van der Waals surface area contributed by atoms with Gasteiger partial charge in [-0.05, 0) is 6.42 Å². The van der Waals surface area contributed by atoms with E-state index in [9.17, 15) is 9.59 Å². The lowest BCUT2D eigenvalue weighted by molar-refractivity contribution is -0.135. The second kappa shape index (κ2) is 5.96. The Hall–Kier alpha value is -0.420. The van der Waals surface area contributed by atoms with Crippen LogP contribution < -0.4 is 0 Å². The Bertz CT molecular complexity index is 364. The lowest BCUT2D eigenvalue weighted by Gasteiger charge is -2.09. The highest BCUT2D eigenvalue weighted by Crippen LogP contribution is 2.39. The predicted molar refractivity (Wildman–Crippen MR) is 74.9 cm³/mol. The Kier molecular flexibility index (Phi) is 5.13. The van der Waals surface area contributed by atoms with Crippen LogP contribution in [0.15, 0.2) is 9.81 Å². The summed E-state index contributed by atoms with van der Waals surface area (Å²) >= 11 is 3.00. The summed E-state index contributed by atoms with van der Waals surface area (Å²) in [6.45, 7) is 8.21. The van der Waals surface area contributed by atoms with Crippen LogP contribution >= 0.6 is 23.5 Å². The molecule has 0 aliphatic carbocycles. The molecule has 0 aromatic carbocycles. The smallest absolute Gasteiger partial charge is 0.268 e. The molecular weight excluding hydrogens is 254 g/mol. The summed E-state index contributed by atoms with van der Waals surface area (Å²) in [6, 6.07) is 0. The maximum absolute atomic E-state index is 12.0. The van der Waals surface area contributed by atoms with Crippen LogP contribution in [-0.4, -0.2) is 34.3 Å². The van der Waals surface area contributed by atoms with Gasteiger partial charge in [0, 0.05) is 17.5 Å². The molecule has 1 rings (SSSR count). The van der Waals surface area contributed by atoms with Gasteiger partial charge in [-0.3, -0.25) is 14.5 Å². The van der Waals surface area contributed by atoms with Gasteiger partial charge in [0.25, 0.3) is 11.8 Å². The number of imide groups is 1. The summed E-state index contributed by atoms with van der Waals surface area (Å²) in [5.41, 5.74) is 0. The lowest BCUT2D eigenvalue weighted by atomic mass is 10.4. The zero-order valence-corrected chi connectivity index (χ0v) is 12.6. The van der Waals surface area contributed by atoms with E-state index in [2.05, 4.69) is 13.8 Å². The van der Waals surface area contributed by atoms with E-state index in [0.29, 0.717) is 20.3 Å². The van der Waals surface area contributed by atoms with Crippen molar-refractivity contribution < 1.29 is 9.59 Å². The quantitative estimate of drug-likeness (QED) is 0.722. The molecule has 17 heavy (non-hydrogen) atoms. The van der Waals surface area contributed by atoms with Crippen LogP contribution in [0.2, 0.25) is 0 Å². The van der Waals surface area contributed by atoms with E-state index in [1.165, 1.54) is 28.4 Å². The Morgan fingerprint density at radius 2 is 1.53 bits per heavy atom. The van der Waals surface area contributed by atoms with Crippen molar-refractivity contribution in [1.82, 2.24) is 4.90 Å². The summed E-state index contributed by atoms with van der Waals surface area (Å²) in [7, 11) is 1.55. The Morgan fingerprint density at radius 1 is 1.06 bits per heavy atom. The van der Waals surface area contributed by atoms with Crippen molar-refractivity contribution in [2.75, 3.05) is 7.05 Å². The highest BCUT2D eigenvalue weighted by Gasteiger charge is 2.37. The maximum atomic E-state index is 12.0.